The Morgan fingerprint density at radius 2 is 2.22 bits per heavy atom. The third kappa shape index (κ3) is 1.98. The zero-order chi connectivity index (χ0) is 13.3. The van der Waals surface area contributed by atoms with Gasteiger partial charge in [-0.05, 0) is 25.1 Å². The van der Waals surface area contributed by atoms with Crippen LogP contribution in [0.2, 0.25) is 5.02 Å². The smallest absolute Gasteiger partial charge is 0.275 e. The number of nitrogens with zero attached hydrogens (tertiary/aromatic N) is 1. The predicted octanol–water partition coefficient (Wildman–Crippen LogP) is 2.32. The third-order valence-electron chi connectivity index (χ3n) is 2.57. The Labute approximate surface area is 108 Å². The molecule has 0 atom stereocenters. The Hall–Kier alpha value is -1.85. The minimum absolute atomic E-state index is 0.254. The first-order valence-electron chi connectivity index (χ1n) is 5.16. The van der Waals surface area contributed by atoms with Crippen LogP contribution in [0.25, 0.3) is 10.9 Å². The average molecular weight is 267 g/mol. The fourth-order valence-corrected chi connectivity index (χ4v) is 2.06. The molecule has 0 unspecified atom stereocenters. The van der Waals surface area contributed by atoms with E-state index in [1.165, 1.54) is 7.11 Å². The second-order valence-corrected chi connectivity index (χ2v) is 4.13. The minimum atomic E-state index is -0.638. The van der Waals surface area contributed by atoms with Gasteiger partial charge in [-0.15, -0.1) is 0 Å². The zero-order valence-corrected chi connectivity index (χ0v) is 10.6. The van der Waals surface area contributed by atoms with Gasteiger partial charge in [0, 0.05) is 11.1 Å². The van der Waals surface area contributed by atoms with Crippen molar-refractivity contribution >= 4 is 28.4 Å². The monoisotopic (exact) mass is 266 g/mol. The largest absolute Gasteiger partial charge is 0.494 e. The topological polar surface area (TPSA) is 71.5 Å². The maximum Gasteiger partial charge on any atom is 0.275 e. The van der Waals surface area contributed by atoms with Crippen LogP contribution in [0.1, 0.15) is 16.1 Å². The number of pyridine rings is 1. The lowest BCUT2D eigenvalue weighted by Crippen LogP contribution is -2.19. The maximum atomic E-state index is 11.6. The molecule has 0 aliphatic rings. The number of nitrogens with one attached hydrogen (secondary N) is 1. The lowest BCUT2D eigenvalue weighted by molar-refractivity contribution is 0.0708. The van der Waals surface area contributed by atoms with E-state index in [1.807, 2.05) is 0 Å². The van der Waals surface area contributed by atoms with Crippen molar-refractivity contribution in [2.45, 2.75) is 6.92 Å². The summed E-state index contributed by atoms with van der Waals surface area (Å²) in [5.41, 5.74) is 2.97. The van der Waals surface area contributed by atoms with Crippen LogP contribution in [-0.2, 0) is 0 Å². The average Bonchev–Trinajstić information content (AvgIpc) is 2.37. The van der Waals surface area contributed by atoms with E-state index in [4.69, 9.17) is 21.5 Å². The molecule has 1 aromatic carbocycles. The zero-order valence-electron chi connectivity index (χ0n) is 9.82. The summed E-state index contributed by atoms with van der Waals surface area (Å²) in [5, 5.41) is 9.59. The van der Waals surface area contributed by atoms with Crippen LogP contribution in [0.4, 0.5) is 0 Å². The molecule has 2 aromatic rings. The fourth-order valence-electron chi connectivity index (χ4n) is 1.81. The van der Waals surface area contributed by atoms with Gasteiger partial charge in [-0.25, -0.2) is 10.5 Å². The SMILES string of the molecule is COc1ccc(Cl)c2c(C(=O)NO)cc(C)nc12. The molecule has 2 rings (SSSR count). The predicted molar refractivity (Wildman–Crippen MR) is 67.3 cm³/mol. The van der Waals surface area contributed by atoms with Gasteiger partial charge in [-0.3, -0.25) is 10.0 Å². The molecule has 1 amide bonds. The van der Waals surface area contributed by atoms with Gasteiger partial charge in [-0.2, -0.15) is 0 Å². The molecular weight excluding hydrogens is 256 g/mol. The van der Waals surface area contributed by atoms with Crippen molar-refractivity contribution in [1.29, 1.82) is 0 Å². The summed E-state index contributed by atoms with van der Waals surface area (Å²) < 4.78 is 5.19. The summed E-state index contributed by atoms with van der Waals surface area (Å²) in [7, 11) is 1.51. The molecule has 1 heterocycles. The second kappa shape index (κ2) is 4.80. The van der Waals surface area contributed by atoms with Gasteiger partial charge in [0.2, 0.25) is 0 Å². The van der Waals surface area contributed by atoms with Crippen molar-refractivity contribution in [2.24, 2.45) is 0 Å². The lowest BCUT2D eigenvalue weighted by Gasteiger charge is -2.10. The summed E-state index contributed by atoms with van der Waals surface area (Å²) in [6.45, 7) is 1.74. The number of fused-ring (bicyclic) bond motifs is 1. The molecular formula is C12H11ClN2O3. The van der Waals surface area contributed by atoms with E-state index >= 15 is 0 Å². The Bertz CT molecular complexity index is 628. The number of carbonyl (C=O) groups is 1. The quantitative estimate of drug-likeness (QED) is 0.646. The van der Waals surface area contributed by atoms with E-state index < -0.39 is 5.91 Å². The molecule has 2 N–H and O–H groups in total. The van der Waals surface area contributed by atoms with Crippen LogP contribution in [0.15, 0.2) is 18.2 Å². The van der Waals surface area contributed by atoms with Crippen molar-refractivity contribution in [3.8, 4) is 5.75 Å². The normalized spacial score (nSPS) is 10.4. The molecule has 0 saturated heterocycles. The van der Waals surface area contributed by atoms with Gasteiger partial charge in [0.05, 0.1) is 17.7 Å². The molecule has 1 aromatic heterocycles. The van der Waals surface area contributed by atoms with Gasteiger partial charge >= 0.3 is 0 Å². The number of amides is 1. The van der Waals surface area contributed by atoms with E-state index in [0.29, 0.717) is 27.4 Å². The van der Waals surface area contributed by atoms with E-state index in [-0.39, 0.29) is 5.56 Å². The van der Waals surface area contributed by atoms with Gasteiger partial charge in [0.1, 0.15) is 11.3 Å². The number of aryl methyl sites for hydroxylation is 1. The molecule has 0 radical (unpaired) electrons. The number of benzene rings is 1. The molecule has 5 nitrogen and oxygen atoms in total. The number of aromatic nitrogens is 1. The van der Waals surface area contributed by atoms with Crippen LogP contribution in [0.5, 0.6) is 5.75 Å². The first kappa shape index (κ1) is 12.6. The molecule has 0 spiro atoms. The number of methoxy groups -OCH3 is 1. The second-order valence-electron chi connectivity index (χ2n) is 3.73. The third-order valence-corrected chi connectivity index (χ3v) is 2.88. The summed E-state index contributed by atoms with van der Waals surface area (Å²) in [5.74, 6) is -0.120. The highest BCUT2D eigenvalue weighted by Gasteiger charge is 2.16. The Morgan fingerprint density at radius 3 is 2.83 bits per heavy atom. The summed E-state index contributed by atoms with van der Waals surface area (Å²) >= 11 is 6.09. The number of hydroxylamine groups is 1. The molecule has 0 aliphatic heterocycles. The Morgan fingerprint density at radius 1 is 1.50 bits per heavy atom. The maximum absolute atomic E-state index is 11.6. The number of ether oxygens (including phenoxy) is 1. The highest BCUT2D eigenvalue weighted by molar-refractivity contribution is 6.37. The highest BCUT2D eigenvalue weighted by Crippen LogP contribution is 2.32. The van der Waals surface area contributed by atoms with Crippen LogP contribution >= 0.6 is 11.6 Å². The molecule has 0 aliphatic carbocycles. The number of carbonyl (C=O) groups excluding carboxylic acids is 1. The van der Waals surface area contributed by atoms with Crippen LogP contribution < -0.4 is 10.2 Å². The first-order valence-corrected chi connectivity index (χ1v) is 5.54. The van der Waals surface area contributed by atoms with Gasteiger partial charge < -0.3 is 4.74 Å². The summed E-state index contributed by atoms with van der Waals surface area (Å²) in [6, 6.07) is 4.85. The number of hydrogen-bond acceptors (Lipinski definition) is 4. The van der Waals surface area contributed by atoms with Crippen LogP contribution in [0.3, 0.4) is 0 Å². The standard InChI is InChI=1S/C12H11ClN2O3/c1-6-5-7(12(16)15-17)10-8(13)3-4-9(18-2)11(10)14-6/h3-5,17H,1-2H3,(H,15,16). The molecule has 0 fully saturated rings. The number of hydrogen-bond donors (Lipinski definition) is 2. The Kier molecular flexibility index (Phi) is 3.36. The van der Waals surface area contributed by atoms with Crippen molar-refractivity contribution in [3.05, 3.63) is 34.5 Å². The number of rotatable bonds is 2. The fraction of sp³-hybridized carbons (Fsp3) is 0.167. The van der Waals surface area contributed by atoms with Gasteiger partial charge in [0.25, 0.3) is 5.91 Å². The molecule has 6 heteroatoms. The molecule has 0 saturated carbocycles. The summed E-state index contributed by atoms with van der Waals surface area (Å²) in [6.07, 6.45) is 0. The summed E-state index contributed by atoms with van der Waals surface area (Å²) in [4.78, 5) is 16.0. The van der Waals surface area contributed by atoms with Crippen molar-refractivity contribution in [2.75, 3.05) is 7.11 Å². The lowest BCUT2D eigenvalue weighted by atomic mass is 10.1. The molecule has 18 heavy (non-hydrogen) atoms. The van der Waals surface area contributed by atoms with Crippen molar-refractivity contribution < 1.29 is 14.7 Å². The molecule has 0 bridgehead atoms. The molecule has 94 valence electrons. The van der Waals surface area contributed by atoms with Gasteiger partial charge in [-0.1, -0.05) is 11.6 Å². The van der Waals surface area contributed by atoms with E-state index in [2.05, 4.69) is 4.98 Å². The van der Waals surface area contributed by atoms with Gasteiger partial charge in [0.15, 0.2) is 0 Å². The van der Waals surface area contributed by atoms with Crippen molar-refractivity contribution in [3.63, 3.8) is 0 Å². The van der Waals surface area contributed by atoms with E-state index in [1.54, 1.807) is 30.6 Å². The highest BCUT2D eigenvalue weighted by atomic mass is 35.5. The Balaban J connectivity index is 2.90. The van der Waals surface area contributed by atoms with E-state index in [9.17, 15) is 4.79 Å². The minimum Gasteiger partial charge on any atom is -0.494 e. The first-order chi connectivity index (χ1) is 8.58. The van der Waals surface area contributed by atoms with E-state index in [0.717, 1.165) is 0 Å². The van der Waals surface area contributed by atoms with Crippen LogP contribution in [-0.4, -0.2) is 23.2 Å². The van der Waals surface area contributed by atoms with Crippen molar-refractivity contribution in [1.82, 2.24) is 10.5 Å². The van der Waals surface area contributed by atoms with Crippen LogP contribution in [0, 0.1) is 6.92 Å². The number of halogens is 1.